The van der Waals surface area contributed by atoms with Crippen molar-refractivity contribution in [2.75, 3.05) is 18.1 Å². The number of carbonyl (C=O) groups is 1. The van der Waals surface area contributed by atoms with Gasteiger partial charge < -0.3 is 14.4 Å². The summed E-state index contributed by atoms with van der Waals surface area (Å²) in [6.07, 6.45) is -4.64. The van der Waals surface area contributed by atoms with Crippen molar-refractivity contribution in [3.63, 3.8) is 0 Å². The molecule has 2 rings (SSSR count). The van der Waals surface area contributed by atoms with Crippen molar-refractivity contribution >= 4 is 11.6 Å². The molecule has 148 valence electrons. The summed E-state index contributed by atoms with van der Waals surface area (Å²) in [6.45, 7) is 2.59. The van der Waals surface area contributed by atoms with Crippen LogP contribution in [0.2, 0.25) is 0 Å². The minimum absolute atomic E-state index is 0.0229. The normalized spacial score (nSPS) is 10.8. The van der Waals surface area contributed by atoms with E-state index in [0.29, 0.717) is 23.6 Å². The molecule has 2 aromatic carbocycles. The van der Waals surface area contributed by atoms with Crippen molar-refractivity contribution in [2.24, 2.45) is 0 Å². The second-order valence-electron chi connectivity index (χ2n) is 5.75. The molecular formula is C20H19F3N2O3. The van der Waals surface area contributed by atoms with E-state index < -0.39 is 6.36 Å². The van der Waals surface area contributed by atoms with Crippen molar-refractivity contribution in [1.82, 2.24) is 0 Å². The SMILES string of the molecule is CCOc1ccc(N(CCC#N)C(=O)Cc2ccc(OC(F)(F)F)cc2)cc1. The number of hydrogen-bond donors (Lipinski definition) is 0. The van der Waals surface area contributed by atoms with Crippen LogP contribution in [0.3, 0.4) is 0 Å². The Bertz CT molecular complexity index is 813. The number of hydrogen-bond acceptors (Lipinski definition) is 4. The summed E-state index contributed by atoms with van der Waals surface area (Å²) in [5.74, 6) is 0.0413. The molecule has 28 heavy (non-hydrogen) atoms. The average molecular weight is 392 g/mol. The van der Waals surface area contributed by atoms with E-state index in [1.54, 1.807) is 24.3 Å². The zero-order chi connectivity index (χ0) is 20.6. The number of rotatable bonds is 8. The van der Waals surface area contributed by atoms with Crippen LogP contribution in [0.5, 0.6) is 11.5 Å². The van der Waals surface area contributed by atoms with E-state index in [1.807, 2.05) is 13.0 Å². The van der Waals surface area contributed by atoms with E-state index in [9.17, 15) is 18.0 Å². The zero-order valence-electron chi connectivity index (χ0n) is 15.2. The second kappa shape index (κ2) is 9.65. The first-order chi connectivity index (χ1) is 13.3. The van der Waals surface area contributed by atoms with Crippen LogP contribution in [0, 0.1) is 11.3 Å². The molecule has 0 atom stereocenters. The van der Waals surface area contributed by atoms with Gasteiger partial charge in [-0.3, -0.25) is 4.79 Å². The Morgan fingerprint density at radius 1 is 1.07 bits per heavy atom. The van der Waals surface area contributed by atoms with Gasteiger partial charge in [-0.2, -0.15) is 5.26 Å². The molecule has 0 spiro atoms. The molecule has 0 aliphatic heterocycles. The molecule has 2 aromatic rings. The number of carbonyl (C=O) groups excluding carboxylic acids is 1. The summed E-state index contributed by atoms with van der Waals surface area (Å²) in [5.41, 5.74) is 1.15. The molecule has 8 heteroatoms. The lowest BCUT2D eigenvalue weighted by atomic mass is 10.1. The number of nitriles is 1. The van der Waals surface area contributed by atoms with Crippen LogP contribution >= 0.6 is 0 Å². The molecule has 0 saturated carbocycles. The largest absolute Gasteiger partial charge is 0.573 e. The molecule has 0 aliphatic rings. The average Bonchev–Trinajstić information content (AvgIpc) is 2.64. The molecule has 1 amide bonds. The Morgan fingerprint density at radius 2 is 1.68 bits per heavy atom. The smallest absolute Gasteiger partial charge is 0.494 e. The lowest BCUT2D eigenvalue weighted by molar-refractivity contribution is -0.274. The standard InChI is InChI=1S/C20H19F3N2O3/c1-2-27-17-10-6-16(7-11-17)25(13-3-12-24)19(26)14-15-4-8-18(9-5-15)28-20(21,22)23/h4-11H,2-3,13-14H2,1H3. The quantitative estimate of drug-likeness (QED) is 0.665. The van der Waals surface area contributed by atoms with Gasteiger partial charge in [-0.1, -0.05) is 12.1 Å². The first-order valence-corrected chi connectivity index (χ1v) is 8.57. The maximum absolute atomic E-state index is 12.7. The van der Waals surface area contributed by atoms with Gasteiger partial charge >= 0.3 is 6.36 Å². The zero-order valence-corrected chi connectivity index (χ0v) is 15.2. The van der Waals surface area contributed by atoms with Crippen molar-refractivity contribution < 1.29 is 27.4 Å². The van der Waals surface area contributed by atoms with Gasteiger partial charge in [0.1, 0.15) is 11.5 Å². The maximum Gasteiger partial charge on any atom is 0.573 e. The highest BCUT2D eigenvalue weighted by molar-refractivity contribution is 5.94. The van der Waals surface area contributed by atoms with Crippen LogP contribution in [-0.4, -0.2) is 25.4 Å². The minimum Gasteiger partial charge on any atom is -0.494 e. The van der Waals surface area contributed by atoms with Crippen molar-refractivity contribution in [3.05, 3.63) is 54.1 Å². The molecule has 0 aromatic heterocycles. The van der Waals surface area contributed by atoms with Crippen LogP contribution < -0.4 is 14.4 Å². The monoisotopic (exact) mass is 392 g/mol. The van der Waals surface area contributed by atoms with Gasteiger partial charge in [0.2, 0.25) is 5.91 Å². The number of amides is 1. The van der Waals surface area contributed by atoms with Gasteiger partial charge in [0.15, 0.2) is 0 Å². The van der Waals surface area contributed by atoms with Gasteiger partial charge in [-0.25, -0.2) is 0 Å². The highest BCUT2D eigenvalue weighted by Gasteiger charge is 2.31. The van der Waals surface area contributed by atoms with E-state index in [0.717, 1.165) is 12.1 Å². The lowest BCUT2D eigenvalue weighted by Gasteiger charge is -2.22. The number of alkyl halides is 3. The fourth-order valence-electron chi connectivity index (χ4n) is 2.53. The molecule has 0 saturated heterocycles. The van der Waals surface area contributed by atoms with Gasteiger partial charge in [-0.15, -0.1) is 13.2 Å². The van der Waals surface area contributed by atoms with Gasteiger partial charge in [0, 0.05) is 12.2 Å². The Kier molecular flexibility index (Phi) is 7.27. The summed E-state index contributed by atoms with van der Waals surface area (Å²) in [4.78, 5) is 14.2. The molecule has 0 heterocycles. The van der Waals surface area contributed by atoms with E-state index >= 15 is 0 Å². The molecule has 5 nitrogen and oxygen atoms in total. The molecule has 0 bridgehead atoms. The van der Waals surface area contributed by atoms with E-state index in [2.05, 4.69) is 4.74 Å². The second-order valence-corrected chi connectivity index (χ2v) is 5.75. The van der Waals surface area contributed by atoms with Crippen molar-refractivity contribution in [2.45, 2.75) is 26.1 Å². The summed E-state index contributed by atoms with van der Waals surface area (Å²) in [7, 11) is 0. The van der Waals surface area contributed by atoms with Crippen LogP contribution in [0.4, 0.5) is 18.9 Å². The van der Waals surface area contributed by atoms with Crippen molar-refractivity contribution in [1.29, 1.82) is 5.26 Å². The van der Waals surface area contributed by atoms with Crippen molar-refractivity contribution in [3.8, 4) is 17.6 Å². The molecular weight excluding hydrogens is 373 g/mol. The lowest BCUT2D eigenvalue weighted by Crippen LogP contribution is -2.33. The Morgan fingerprint density at radius 3 is 2.21 bits per heavy atom. The fourth-order valence-corrected chi connectivity index (χ4v) is 2.53. The van der Waals surface area contributed by atoms with E-state index in [1.165, 1.54) is 17.0 Å². The molecule has 0 unspecified atom stereocenters. The maximum atomic E-state index is 12.7. The predicted octanol–water partition coefficient (Wildman–Crippen LogP) is 4.47. The summed E-state index contributed by atoms with van der Waals surface area (Å²) in [6, 6.07) is 14.0. The first kappa shape index (κ1) is 21.1. The Labute approximate surface area is 160 Å². The summed E-state index contributed by atoms with van der Waals surface area (Å²) < 4.78 is 45.9. The van der Waals surface area contributed by atoms with Crippen LogP contribution in [-0.2, 0) is 11.2 Å². The summed E-state index contributed by atoms with van der Waals surface area (Å²) >= 11 is 0. The number of benzene rings is 2. The molecule has 0 radical (unpaired) electrons. The first-order valence-electron chi connectivity index (χ1n) is 8.57. The molecule has 0 N–H and O–H groups in total. The van der Waals surface area contributed by atoms with E-state index in [4.69, 9.17) is 10.00 Å². The van der Waals surface area contributed by atoms with Gasteiger partial charge in [0.25, 0.3) is 0 Å². The molecule has 0 aliphatic carbocycles. The topological polar surface area (TPSA) is 62.6 Å². The Hall–Kier alpha value is -3.21. The fraction of sp³-hybridized carbons (Fsp3) is 0.300. The Balaban J connectivity index is 2.11. The van der Waals surface area contributed by atoms with Gasteiger partial charge in [-0.05, 0) is 48.9 Å². The number of halogens is 3. The third-order valence-electron chi connectivity index (χ3n) is 3.72. The van der Waals surface area contributed by atoms with Crippen LogP contribution in [0.1, 0.15) is 18.9 Å². The van der Waals surface area contributed by atoms with Crippen LogP contribution in [0.15, 0.2) is 48.5 Å². The van der Waals surface area contributed by atoms with Crippen LogP contribution in [0.25, 0.3) is 0 Å². The highest BCUT2D eigenvalue weighted by Crippen LogP contribution is 2.24. The van der Waals surface area contributed by atoms with Gasteiger partial charge in [0.05, 0.1) is 25.5 Å². The third-order valence-corrected chi connectivity index (χ3v) is 3.72. The predicted molar refractivity (Wildman–Crippen MR) is 97.0 cm³/mol. The third kappa shape index (κ3) is 6.50. The summed E-state index contributed by atoms with van der Waals surface area (Å²) in [5, 5.41) is 8.86. The minimum atomic E-state index is -4.76. The number of ether oxygens (including phenoxy) is 2. The highest BCUT2D eigenvalue weighted by atomic mass is 19.4. The van der Waals surface area contributed by atoms with E-state index in [-0.39, 0.29) is 31.0 Å². The molecule has 0 fully saturated rings. The number of anilines is 1. The number of nitrogens with zero attached hydrogens (tertiary/aromatic N) is 2.